The molecule has 0 aliphatic carbocycles. The first kappa shape index (κ1) is 27.4. The molecule has 2 N–H and O–H groups in total. The number of halogens is 1. The highest BCUT2D eigenvalue weighted by Crippen LogP contribution is 2.42. The highest BCUT2D eigenvalue weighted by molar-refractivity contribution is 6.30. The summed E-state index contributed by atoms with van der Waals surface area (Å²) in [6.07, 6.45) is 1.01. The van der Waals surface area contributed by atoms with Crippen molar-refractivity contribution in [3.63, 3.8) is 0 Å². The van der Waals surface area contributed by atoms with E-state index >= 15 is 0 Å². The fourth-order valence-electron chi connectivity index (χ4n) is 6.05. The van der Waals surface area contributed by atoms with Crippen LogP contribution in [0.4, 0.5) is 5.69 Å². The maximum Gasteiger partial charge on any atom is 0.261 e. The quantitative estimate of drug-likeness (QED) is 0.538. The molecule has 5 rings (SSSR count). The van der Waals surface area contributed by atoms with Crippen LogP contribution in [0, 0.1) is 0 Å². The Morgan fingerprint density at radius 2 is 1.62 bits per heavy atom. The number of para-hydroxylation sites is 1. The molecule has 0 bridgehead atoms. The molecule has 9 nitrogen and oxygen atoms in total. The van der Waals surface area contributed by atoms with E-state index in [1.54, 1.807) is 4.90 Å². The van der Waals surface area contributed by atoms with Crippen molar-refractivity contribution in [2.45, 2.75) is 37.4 Å². The average Bonchev–Trinajstić information content (AvgIpc) is 3.20. The van der Waals surface area contributed by atoms with Crippen molar-refractivity contribution in [2.24, 2.45) is 5.73 Å². The molecule has 39 heavy (non-hydrogen) atoms. The smallest absolute Gasteiger partial charge is 0.261 e. The number of morpholine rings is 1. The van der Waals surface area contributed by atoms with Crippen LogP contribution in [-0.2, 0) is 25.5 Å². The molecule has 3 saturated heterocycles. The summed E-state index contributed by atoms with van der Waals surface area (Å²) in [7, 11) is 0. The van der Waals surface area contributed by atoms with Crippen LogP contribution >= 0.6 is 11.6 Å². The molecule has 0 unspecified atom stereocenters. The standard InChI is InChI=1S/C29H36ClN5O4/c30-23-9-6-22(7-10-23)8-11-25(36)33-14-12-29(13-15-33)28(38)34(17-16-32-18-20-39-21-19-32)27(26(31)37)35(29)24-4-2-1-3-5-24/h1-7,9-10,27H,8,11-21H2,(H2,31,37)/t27-/m0/s1. The topological polar surface area (TPSA) is 99.4 Å². The molecule has 1 spiro atoms. The summed E-state index contributed by atoms with van der Waals surface area (Å²) in [5, 5.41) is 0.670. The van der Waals surface area contributed by atoms with Crippen LogP contribution in [0.1, 0.15) is 24.8 Å². The van der Waals surface area contributed by atoms with Crippen molar-refractivity contribution in [3.8, 4) is 0 Å². The van der Waals surface area contributed by atoms with Crippen molar-refractivity contribution < 1.29 is 19.1 Å². The predicted molar refractivity (Wildman–Crippen MR) is 149 cm³/mol. The normalized spacial score (nSPS) is 21.5. The summed E-state index contributed by atoms with van der Waals surface area (Å²) >= 11 is 5.98. The SMILES string of the molecule is NC(=O)[C@H]1N(CCN2CCOCC2)C(=O)C2(CCN(C(=O)CCc3ccc(Cl)cc3)CC2)N1c1ccccc1. The monoisotopic (exact) mass is 553 g/mol. The number of carbonyl (C=O) groups is 3. The van der Waals surface area contributed by atoms with Gasteiger partial charge in [-0.05, 0) is 49.1 Å². The Morgan fingerprint density at radius 3 is 2.26 bits per heavy atom. The van der Waals surface area contributed by atoms with Gasteiger partial charge in [0.25, 0.3) is 11.8 Å². The molecule has 3 aliphatic rings. The number of primary amides is 1. The van der Waals surface area contributed by atoms with E-state index in [-0.39, 0.29) is 11.8 Å². The summed E-state index contributed by atoms with van der Waals surface area (Å²) < 4.78 is 5.45. The molecule has 0 aromatic heterocycles. The van der Waals surface area contributed by atoms with E-state index in [2.05, 4.69) is 4.90 Å². The van der Waals surface area contributed by atoms with Crippen LogP contribution in [0.2, 0.25) is 5.02 Å². The Bertz CT molecular complexity index is 1160. The van der Waals surface area contributed by atoms with Gasteiger partial charge in [0.15, 0.2) is 6.17 Å². The fourth-order valence-corrected chi connectivity index (χ4v) is 6.18. The minimum absolute atomic E-state index is 0.0622. The third kappa shape index (κ3) is 5.76. The largest absolute Gasteiger partial charge is 0.379 e. The van der Waals surface area contributed by atoms with E-state index in [1.165, 1.54) is 0 Å². The number of hydrogen-bond acceptors (Lipinski definition) is 6. The number of benzene rings is 2. The Kier molecular flexibility index (Phi) is 8.40. The zero-order valence-electron chi connectivity index (χ0n) is 22.1. The maximum absolute atomic E-state index is 14.2. The number of rotatable bonds is 8. The zero-order chi connectivity index (χ0) is 27.4. The van der Waals surface area contributed by atoms with Crippen LogP contribution < -0.4 is 10.6 Å². The number of anilines is 1. The van der Waals surface area contributed by atoms with Crippen molar-refractivity contribution >= 4 is 35.0 Å². The summed E-state index contributed by atoms with van der Waals surface area (Å²) in [5.41, 5.74) is 6.89. The number of aryl methyl sites for hydroxylation is 1. The molecule has 208 valence electrons. The van der Waals surface area contributed by atoms with Crippen molar-refractivity contribution in [1.29, 1.82) is 0 Å². The Balaban J connectivity index is 1.33. The molecule has 3 fully saturated rings. The third-order valence-corrected chi connectivity index (χ3v) is 8.45. The second-order valence-corrected chi connectivity index (χ2v) is 10.9. The van der Waals surface area contributed by atoms with Gasteiger partial charge in [-0.3, -0.25) is 19.3 Å². The lowest BCUT2D eigenvalue weighted by Gasteiger charge is -2.44. The van der Waals surface area contributed by atoms with Crippen LogP contribution in [0.5, 0.6) is 0 Å². The van der Waals surface area contributed by atoms with Gasteiger partial charge in [-0.1, -0.05) is 41.9 Å². The first-order valence-electron chi connectivity index (χ1n) is 13.7. The number of amides is 3. The van der Waals surface area contributed by atoms with Gasteiger partial charge >= 0.3 is 0 Å². The summed E-state index contributed by atoms with van der Waals surface area (Å²) in [4.78, 5) is 47.9. The van der Waals surface area contributed by atoms with Crippen LogP contribution in [0.3, 0.4) is 0 Å². The number of ether oxygens (including phenoxy) is 1. The highest BCUT2D eigenvalue weighted by atomic mass is 35.5. The van der Waals surface area contributed by atoms with E-state index < -0.39 is 17.6 Å². The Hall–Kier alpha value is -3.14. The Labute approximate surface area is 234 Å². The lowest BCUT2D eigenvalue weighted by molar-refractivity contribution is -0.140. The summed E-state index contributed by atoms with van der Waals surface area (Å²) in [6.45, 7) is 4.85. The summed E-state index contributed by atoms with van der Waals surface area (Å²) in [6, 6.07) is 17.1. The molecule has 0 saturated carbocycles. The number of nitrogens with two attached hydrogens (primary N) is 1. The Morgan fingerprint density at radius 1 is 0.949 bits per heavy atom. The molecular weight excluding hydrogens is 518 g/mol. The molecule has 2 aromatic carbocycles. The molecule has 3 aliphatic heterocycles. The first-order valence-corrected chi connectivity index (χ1v) is 14.0. The van der Waals surface area contributed by atoms with Crippen molar-refractivity contribution in [3.05, 3.63) is 65.2 Å². The zero-order valence-corrected chi connectivity index (χ0v) is 22.9. The lowest BCUT2D eigenvalue weighted by Crippen LogP contribution is -2.59. The molecular formula is C29H36ClN5O4. The van der Waals surface area contributed by atoms with Gasteiger partial charge in [-0.25, -0.2) is 0 Å². The lowest BCUT2D eigenvalue weighted by atomic mass is 9.85. The van der Waals surface area contributed by atoms with Crippen LogP contribution in [0.15, 0.2) is 54.6 Å². The van der Waals surface area contributed by atoms with E-state index in [9.17, 15) is 14.4 Å². The van der Waals surface area contributed by atoms with Gasteiger partial charge in [0.2, 0.25) is 5.91 Å². The molecule has 3 heterocycles. The van der Waals surface area contributed by atoms with Gasteiger partial charge in [0.05, 0.1) is 13.2 Å². The summed E-state index contributed by atoms with van der Waals surface area (Å²) in [5.74, 6) is -0.573. The molecule has 10 heteroatoms. The highest BCUT2D eigenvalue weighted by Gasteiger charge is 2.60. The van der Waals surface area contributed by atoms with Gasteiger partial charge < -0.3 is 25.2 Å². The number of nitrogens with zero attached hydrogens (tertiary/aromatic N) is 4. The van der Waals surface area contributed by atoms with Crippen molar-refractivity contribution in [2.75, 3.05) is 57.4 Å². The third-order valence-electron chi connectivity index (χ3n) is 8.19. The molecule has 0 radical (unpaired) electrons. The second kappa shape index (κ2) is 11.9. The van der Waals surface area contributed by atoms with Crippen LogP contribution in [0.25, 0.3) is 0 Å². The average molecular weight is 554 g/mol. The number of piperidine rings is 1. The number of hydrogen-bond donors (Lipinski definition) is 1. The fraction of sp³-hybridized carbons (Fsp3) is 0.483. The van der Waals surface area contributed by atoms with E-state index in [0.717, 1.165) is 24.3 Å². The molecule has 1 atom stereocenters. The first-order chi connectivity index (χ1) is 18.9. The van der Waals surface area contributed by atoms with E-state index in [1.807, 2.05) is 64.4 Å². The predicted octanol–water partition coefficient (Wildman–Crippen LogP) is 2.13. The minimum Gasteiger partial charge on any atom is -0.379 e. The number of likely N-dealkylation sites (tertiary alicyclic amines) is 1. The molecule has 2 aromatic rings. The maximum atomic E-state index is 14.2. The van der Waals surface area contributed by atoms with Gasteiger partial charge in [-0.2, -0.15) is 0 Å². The minimum atomic E-state index is -0.932. The second-order valence-electron chi connectivity index (χ2n) is 10.5. The van der Waals surface area contributed by atoms with Crippen LogP contribution in [-0.4, -0.2) is 96.6 Å². The molecule has 3 amide bonds. The van der Waals surface area contributed by atoms with E-state index in [4.69, 9.17) is 22.1 Å². The van der Waals surface area contributed by atoms with Gasteiger partial charge in [0, 0.05) is 56.4 Å². The van der Waals surface area contributed by atoms with Gasteiger partial charge in [0.1, 0.15) is 5.54 Å². The van der Waals surface area contributed by atoms with Gasteiger partial charge in [-0.15, -0.1) is 0 Å². The van der Waals surface area contributed by atoms with Crippen molar-refractivity contribution in [1.82, 2.24) is 14.7 Å². The number of carbonyl (C=O) groups excluding carboxylic acids is 3. The van der Waals surface area contributed by atoms with E-state index in [0.29, 0.717) is 70.1 Å².